The minimum atomic E-state index is 0.800. The van der Waals surface area contributed by atoms with E-state index in [-0.39, 0.29) is 0 Å². The molecular formula is C13H13N3S. The Kier molecular flexibility index (Phi) is 4.05. The molecular weight excluding hydrogens is 230 g/mol. The molecule has 0 aliphatic carbocycles. The summed E-state index contributed by atoms with van der Waals surface area (Å²) in [6.07, 6.45) is 5.61. The largest absolute Gasteiger partial charge is 0.253 e. The van der Waals surface area contributed by atoms with Crippen LogP contribution in [-0.2, 0) is 0 Å². The molecule has 2 aromatic rings. The smallest absolute Gasteiger partial charge is 0.203 e. The fourth-order valence-corrected chi connectivity index (χ4v) is 1.80. The maximum absolute atomic E-state index is 4.11. The lowest BCUT2D eigenvalue weighted by Crippen LogP contribution is -1.88. The summed E-state index contributed by atoms with van der Waals surface area (Å²) in [5.74, 6) is 0. The van der Waals surface area contributed by atoms with Crippen molar-refractivity contribution < 1.29 is 0 Å². The lowest BCUT2D eigenvalue weighted by Gasteiger charge is -1.95. The number of hydrogen-bond acceptors (Lipinski definition) is 4. The Morgan fingerprint density at radius 3 is 2.88 bits per heavy atom. The van der Waals surface area contributed by atoms with Gasteiger partial charge >= 0.3 is 0 Å². The van der Waals surface area contributed by atoms with E-state index >= 15 is 0 Å². The van der Waals surface area contributed by atoms with Crippen LogP contribution in [-0.4, -0.2) is 11.2 Å². The van der Waals surface area contributed by atoms with Crippen LogP contribution in [0.1, 0.15) is 12.5 Å². The van der Waals surface area contributed by atoms with Gasteiger partial charge < -0.3 is 0 Å². The Bertz CT molecular complexity index is 501. The molecule has 4 heteroatoms. The van der Waals surface area contributed by atoms with Crippen molar-refractivity contribution in [2.75, 3.05) is 5.43 Å². The monoisotopic (exact) mass is 243 g/mol. The van der Waals surface area contributed by atoms with Gasteiger partial charge in [0.2, 0.25) is 5.13 Å². The molecule has 1 N–H and O–H groups in total. The molecule has 0 unspecified atom stereocenters. The van der Waals surface area contributed by atoms with Crippen LogP contribution in [0.5, 0.6) is 0 Å². The van der Waals surface area contributed by atoms with Crippen molar-refractivity contribution in [3.63, 3.8) is 0 Å². The molecule has 2 rings (SSSR count). The van der Waals surface area contributed by atoms with Crippen molar-refractivity contribution in [2.24, 2.45) is 5.10 Å². The van der Waals surface area contributed by atoms with E-state index in [0.717, 1.165) is 10.7 Å². The topological polar surface area (TPSA) is 37.3 Å². The van der Waals surface area contributed by atoms with E-state index in [4.69, 9.17) is 0 Å². The van der Waals surface area contributed by atoms with Crippen LogP contribution in [0.4, 0.5) is 5.13 Å². The molecule has 86 valence electrons. The second-order valence-corrected chi connectivity index (χ2v) is 4.40. The van der Waals surface area contributed by atoms with Crippen molar-refractivity contribution in [3.05, 3.63) is 53.0 Å². The van der Waals surface area contributed by atoms with Gasteiger partial charge in [-0.05, 0) is 18.1 Å². The highest BCUT2D eigenvalue weighted by molar-refractivity contribution is 7.13. The van der Waals surface area contributed by atoms with Crippen LogP contribution >= 0.6 is 11.3 Å². The SMILES string of the molecule is CC(=C/c1ccccc1)/C=N/Nc1nccs1. The zero-order valence-electron chi connectivity index (χ0n) is 9.50. The third-order valence-corrected chi connectivity index (χ3v) is 2.73. The van der Waals surface area contributed by atoms with E-state index < -0.39 is 0 Å². The number of nitrogens with one attached hydrogen (secondary N) is 1. The summed E-state index contributed by atoms with van der Waals surface area (Å²) in [5, 5.41) is 6.82. The first-order valence-electron chi connectivity index (χ1n) is 5.26. The quantitative estimate of drug-likeness (QED) is 0.657. The van der Waals surface area contributed by atoms with Gasteiger partial charge in [0, 0.05) is 11.6 Å². The highest BCUT2D eigenvalue weighted by atomic mass is 32.1. The third-order valence-electron chi connectivity index (χ3n) is 2.05. The van der Waals surface area contributed by atoms with Crippen LogP contribution in [0.15, 0.2) is 52.6 Å². The lowest BCUT2D eigenvalue weighted by molar-refractivity contribution is 1.29. The van der Waals surface area contributed by atoms with Crippen molar-refractivity contribution in [1.29, 1.82) is 0 Å². The maximum Gasteiger partial charge on any atom is 0.203 e. The number of nitrogens with zero attached hydrogens (tertiary/aromatic N) is 2. The molecule has 3 nitrogen and oxygen atoms in total. The first kappa shape index (κ1) is 11.5. The predicted molar refractivity (Wildman–Crippen MR) is 74.3 cm³/mol. The summed E-state index contributed by atoms with van der Waals surface area (Å²) >= 11 is 1.52. The first-order valence-corrected chi connectivity index (χ1v) is 6.14. The highest BCUT2D eigenvalue weighted by Gasteiger charge is 1.90. The normalized spacial score (nSPS) is 11.9. The zero-order valence-corrected chi connectivity index (χ0v) is 10.3. The third kappa shape index (κ3) is 3.85. The first-order chi connectivity index (χ1) is 8.34. The number of rotatable bonds is 4. The molecule has 0 atom stereocenters. The number of anilines is 1. The Morgan fingerprint density at radius 1 is 1.35 bits per heavy atom. The number of benzene rings is 1. The Balaban J connectivity index is 1.95. The molecule has 0 aliphatic rings. The van der Waals surface area contributed by atoms with E-state index in [9.17, 15) is 0 Å². The second-order valence-electron chi connectivity index (χ2n) is 3.51. The number of allylic oxidation sites excluding steroid dienone is 1. The summed E-state index contributed by atoms with van der Waals surface area (Å²) < 4.78 is 0. The molecule has 1 aromatic heterocycles. The fourth-order valence-electron chi connectivity index (χ4n) is 1.32. The Hall–Kier alpha value is -1.94. The summed E-state index contributed by atoms with van der Waals surface area (Å²) in [6, 6.07) is 10.2. The van der Waals surface area contributed by atoms with Crippen LogP contribution in [0.25, 0.3) is 6.08 Å². The maximum atomic E-state index is 4.11. The Labute approximate surface area is 105 Å². The van der Waals surface area contributed by atoms with Gasteiger partial charge in [-0.25, -0.2) is 4.98 Å². The molecule has 0 spiro atoms. The van der Waals surface area contributed by atoms with Gasteiger partial charge in [-0.2, -0.15) is 5.10 Å². The highest BCUT2D eigenvalue weighted by Crippen LogP contribution is 2.10. The van der Waals surface area contributed by atoms with Crippen molar-refractivity contribution in [2.45, 2.75) is 6.92 Å². The van der Waals surface area contributed by atoms with Gasteiger partial charge in [-0.3, -0.25) is 5.43 Å². The number of thiazole rings is 1. The minimum absolute atomic E-state index is 0.800. The van der Waals surface area contributed by atoms with E-state index in [1.54, 1.807) is 12.4 Å². The van der Waals surface area contributed by atoms with Crippen LogP contribution in [0.3, 0.4) is 0 Å². The fraction of sp³-hybridized carbons (Fsp3) is 0.0769. The standard InChI is InChI=1S/C13H13N3S/c1-11(9-12-5-3-2-4-6-12)10-15-16-13-14-7-8-17-13/h2-10H,1H3,(H,14,16)/b11-9-,15-10+. The van der Waals surface area contributed by atoms with Gasteiger partial charge in [0.05, 0.1) is 6.21 Å². The van der Waals surface area contributed by atoms with Crippen LogP contribution < -0.4 is 5.43 Å². The summed E-state index contributed by atoms with van der Waals surface area (Å²) in [5.41, 5.74) is 5.13. The van der Waals surface area contributed by atoms with Gasteiger partial charge in [0.1, 0.15) is 0 Å². The number of hydrogen-bond donors (Lipinski definition) is 1. The lowest BCUT2D eigenvalue weighted by atomic mass is 10.1. The zero-order chi connectivity index (χ0) is 11.9. The summed E-state index contributed by atoms with van der Waals surface area (Å²) in [7, 11) is 0. The van der Waals surface area contributed by atoms with Crippen molar-refractivity contribution in [3.8, 4) is 0 Å². The average molecular weight is 243 g/mol. The Morgan fingerprint density at radius 2 is 2.18 bits per heavy atom. The number of aromatic nitrogens is 1. The molecule has 0 bridgehead atoms. The van der Waals surface area contributed by atoms with E-state index in [2.05, 4.69) is 33.7 Å². The minimum Gasteiger partial charge on any atom is -0.253 e. The van der Waals surface area contributed by atoms with E-state index in [0.29, 0.717) is 0 Å². The van der Waals surface area contributed by atoms with Gasteiger partial charge in [0.15, 0.2) is 0 Å². The molecule has 0 saturated carbocycles. The molecule has 17 heavy (non-hydrogen) atoms. The predicted octanol–water partition coefficient (Wildman–Crippen LogP) is 3.64. The molecule has 0 aliphatic heterocycles. The summed E-state index contributed by atoms with van der Waals surface area (Å²) in [6.45, 7) is 2.01. The van der Waals surface area contributed by atoms with E-state index in [1.165, 1.54) is 16.9 Å². The molecule has 0 saturated heterocycles. The van der Waals surface area contributed by atoms with E-state index in [1.807, 2.05) is 30.5 Å². The molecule has 1 aromatic carbocycles. The number of hydrazone groups is 1. The van der Waals surface area contributed by atoms with Crippen LogP contribution in [0, 0.1) is 0 Å². The van der Waals surface area contributed by atoms with Gasteiger partial charge in [0.25, 0.3) is 0 Å². The van der Waals surface area contributed by atoms with Crippen molar-refractivity contribution >= 4 is 28.8 Å². The molecule has 0 fully saturated rings. The van der Waals surface area contributed by atoms with Gasteiger partial charge in [-0.15, -0.1) is 11.3 Å². The van der Waals surface area contributed by atoms with Crippen LogP contribution in [0.2, 0.25) is 0 Å². The molecule has 0 amide bonds. The summed E-state index contributed by atoms with van der Waals surface area (Å²) in [4.78, 5) is 4.07. The molecule has 0 radical (unpaired) electrons. The second kappa shape index (κ2) is 5.96. The average Bonchev–Trinajstić information content (AvgIpc) is 2.83. The van der Waals surface area contributed by atoms with Crippen molar-refractivity contribution in [1.82, 2.24) is 4.98 Å². The molecule has 1 heterocycles. The van der Waals surface area contributed by atoms with Gasteiger partial charge in [-0.1, -0.05) is 36.4 Å².